The molecule has 0 unspecified atom stereocenters. The molecule has 0 bridgehead atoms. The van der Waals surface area contributed by atoms with Crippen LogP contribution in [0, 0.1) is 6.92 Å². The minimum atomic E-state index is -0.0770. The summed E-state index contributed by atoms with van der Waals surface area (Å²) in [5, 5.41) is 2.88. The summed E-state index contributed by atoms with van der Waals surface area (Å²) in [5.41, 5.74) is 5.69. The summed E-state index contributed by atoms with van der Waals surface area (Å²) in [6, 6.07) is 14.1. The number of aryl methyl sites for hydroxylation is 3. The van der Waals surface area contributed by atoms with Crippen molar-refractivity contribution in [2.24, 2.45) is 0 Å². The topological polar surface area (TPSA) is 46.2 Å². The molecule has 130 valence electrons. The van der Waals surface area contributed by atoms with Crippen molar-refractivity contribution in [1.29, 1.82) is 0 Å². The van der Waals surface area contributed by atoms with E-state index in [-0.39, 0.29) is 24.5 Å². The van der Waals surface area contributed by atoms with Crippen LogP contribution in [0.25, 0.3) is 0 Å². The van der Waals surface area contributed by atoms with Crippen LogP contribution in [0.4, 0.5) is 0 Å². The molecule has 1 aliphatic rings. The average molecular weight is 335 g/mol. The van der Waals surface area contributed by atoms with E-state index in [2.05, 4.69) is 11.4 Å². The molecule has 3 heteroatoms. The third kappa shape index (κ3) is 4.79. The molecule has 0 atom stereocenters. The van der Waals surface area contributed by atoms with E-state index < -0.39 is 0 Å². The molecule has 1 amide bonds. The highest BCUT2D eigenvalue weighted by Gasteiger charge is 2.14. The lowest BCUT2D eigenvalue weighted by molar-refractivity contribution is -0.121. The number of nitrogens with one attached hydrogen (secondary N) is 1. The Morgan fingerprint density at radius 2 is 1.64 bits per heavy atom. The third-order valence-electron chi connectivity index (χ3n) is 4.86. The van der Waals surface area contributed by atoms with E-state index in [9.17, 15) is 9.59 Å². The summed E-state index contributed by atoms with van der Waals surface area (Å²) in [5.74, 6) is -0.0225. The average Bonchev–Trinajstić information content (AvgIpc) is 2.65. The molecular weight excluding hydrogens is 310 g/mol. The maximum atomic E-state index is 12.4. The van der Waals surface area contributed by atoms with Crippen LogP contribution in [-0.4, -0.2) is 11.7 Å². The van der Waals surface area contributed by atoms with Crippen LogP contribution in [-0.2, 0) is 24.2 Å². The number of fused-ring (bicyclic) bond motifs is 1. The summed E-state index contributed by atoms with van der Waals surface area (Å²) in [6.45, 7) is 2.54. The molecule has 3 rings (SSSR count). The molecule has 2 aromatic carbocycles. The monoisotopic (exact) mass is 335 g/mol. The van der Waals surface area contributed by atoms with Gasteiger partial charge in [0.1, 0.15) is 0 Å². The molecule has 0 spiro atoms. The fourth-order valence-corrected chi connectivity index (χ4v) is 3.27. The standard InChI is InChI=1S/C22H25NO2/c1-16-6-8-17(9-7-16)15-23-22(25)13-12-21(24)20-11-10-18-4-2-3-5-19(18)14-20/h6-11,14H,2-5,12-13,15H2,1H3,(H,23,25). The van der Waals surface area contributed by atoms with Gasteiger partial charge in [-0.05, 0) is 55.4 Å². The molecule has 0 aliphatic heterocycles. The van der Waals surface area contributed by atoms with E-state index >= 15 is 0 Å². The van der Waals surface area contributed by atoms with Gasteiger partial charge in [-0.2, -0.15) is 0 Å². The summed E-state index contributed by atoms with van der Waals surface area (Å²) < 4.78 is 0. The second-order valence-electron chi connectivity index (χ2n) is 6.88. The zero-order valence-corrected chi connectivity index (χ0v) is 14.8. The molecule has 1 N–H and O–H groups in total. The highest BCUT2D eigenvalue weighted by molar-refractivity contribution is 5.98. The lowest BCUT2D eigenvalue weighted by atomic mass is 9.89. The second-order valence-corrected chi connectivity index (χ2v) is 6.88. The molecular formula is C22H25NO2. The van der Waals surface area contributed by atoms with Crippen molar-refractivity contribution in [3.05, 3.63) is 70.3 Å². The first kappa shape index (κ1) is 17.4. The van der Waals surface area contributed by atoms with Gasteiger partial charge in [-0.25, -0.2) is 0 Å². The van der Waals surface area contributed by atoms with E-state index in [4.69, 9.17) is 0 Å². The Kier molecular flexibility index (Phi) is 5.64. The van der Waals surface area contributed by atoms with Gasteiger partial charge in [0.25, 0.3) is 0 Å². The Morgan fingerprint density at radius 3 is 2.40 bits per heavy atom. The lowest BCUT2D eigenvalue weighted by Gasteiger charge is -2.16. The summed E-state index contributed by atoms with van der Waals surface area (Å²) in [7, 11) is 0. The van der Waals surface area contributed by atoms with Crippen LogP contribution >= 0.6 is 0 Å². The lowest BCUT2D eigenvalue weighted by Crippen LogP contribution is -2.23. The van der Waals surface area contributed by atoms with Gasteiger partial charge in [0.2, 0.25) is 5.91 Å². The van der Waals surface area contributed by atoms with Crippen molar-refractivity contribution in [2.75, 3.05) is 0 Å². The molecule has 1 aliphatic carbocycles. The number of amides is 1. The first-order valence-electron chi connectivity index (χ1n) is 9.09. The van der Waals surface area contributed by atoms with E-state index in [1.165, 1.54) is 29.5 Å². The number of carbonyl (C=O) groups is 2. The van der Waals surface area contributed by atoms with Crippen molar-refractivity contribution in [3.63, 3.8) is 0 Å². The molecule has 3 nitrogen and oxygen atoms in total. The number of hydrogen-bond donors (Lipinski definition) is 1. The van der Waals surface area contributed by atoms with Crippen molar-refractivity contribution in [2.45, 2.75) is 52.0 Å². The zero-order chi connectivity index (χ0) is 17.6. The molecule has 0 heterocycles. The van der Waals surface area contributed by atoms with Crippen LogP contribution in [0.5, 0.6) is 0 Å². The van der Waals surface area contributed by atoms with Crippen LogP contribution in [0.2, 0.25) is 0 Å². The van der Waals surface area contributed by atoms with Gasteiger partial charge < -0.3 is 5.32 Å². The normalized spacial score (nSPS) is 13.2. The minimum absolute atomic E-state index is 0.0545. The van der Waals surface area contributed by atoms with Gasteiger partial charge in [0, 0.05) is 24.9 Å². The molecule has 25 heavy (non-hydrogen) atoms. The molecule has 0 saturated heterocycles. The number of rotatable bonds is 6. The number of hydrogen-bond acceptors (Lipinski definition) is 2. The maximum absolute atomic E-state index is 12.4. The van der Waals surface area contributed by atoms with Gasteiger partial charge in [-0.1, -0.05) is 42.0 Å². The van der Waals surface area contributed by atoms with Crippen molar-refractivity contribution < 1.29 is 9.59 Å². The highest BCUT2D eigenvalue weighted by atomic mass is 16.2. The Morgan fingerprint density at radius 1 is 0.920 bits per heavy atom. The molecule has 0 radical (unpaired) electrons. The SMILES string of the molecule is Cc1ccc(CNC(=O)CCC(=O)c2ccc3c(c2)CCCC3)cc1. The van der Waals surface area contributed by atoms with Crippen LogP contribution in [0.3, 0.4) is 0 Å². The smallest absolute Gasteiger partial charge is 0.220 e. The van der Waals surface area contributed by atoms with Gasteiger partial charge in [-0.15, -0.1) is 0 Å². The van der Waals surface area contributed by atoms with E-state index in [0.29, 0.717) is 6.54 Å². The van der Waals surface area contributed by atoms with E-state index in [1.54, 1.807) is 0 Å². The largest absolute Gasteiger partial charge is 0.352 e. The zero-order valence-electron chi connectivity index (χ0n) is 14.8. The number of ketones is 1. The van der Waals surface area contributed by atoms with Crippen LogP contribution in [0.1, 0.15) is 58.3 Å². The first-order valence-corrected chi connectivity index (χ1v) is 9.09. The van der Waals surface area contributed by atoms with Crippen LogP contribution in [0.15, 0.2) is 42.5 Å². The quantitative estimate of drug-likeness (QED) is 0.806. The summed E-state index contributed by atoms with van der Waals surface area (Å²) >= 11 is 0. The summed E-state index contributed by atoms with van der Waals surface area (Å²) in [6.07, 6.45) is 5.12. The Labute approximate surface area is 149 Å². The maximum Gasteiger partial charge on any atom is 0.220 e. The Balaban J connectivity index is 1.48. The minimum Gasteiger partial charge on any atom is -0.352 e. The number of carbonyl (C=O) groups excluding carboxylic acids is 2. The predicted molar refractivity (Wildman–Crippen MR) is 99.7 cm³/mol. The van der Waals surface area contributed by atoms with Gasteiger partial charge >= 0.3 is 0 Å². The van der Waals surface area contributed by atoms with Gasteiger partial charge in [0.05, 0.1) is 0 Å². The van der Waals surface area contributed by atoms with Gasteiger partial charge in [-0.3, -0.25) is 9.59 Å². The third-order valence-corrected chi connectivity index (χ3v) is 4.86. The Bertz CT molecular complexity index is 762. The summed E-state index contributed by atoms with van der Waals surface area (Å²) in [4.78, 5) is 24.4. The molecule has 2 aromatic rings. The molecule has 0 fully saturated rings. The predicted octanol–water partition coefficient (Wildman–Crippen LogP) is 4.15. The molecule has 0 aromatic heterocycles. The van der Waals surface area contributed by atoms with Crippen molar-refractivity contribution in [1.82, 2.24) is 5.32 Å². The second kappa shape index (κ2) is 8.11. The fourth-order valence-electron chi connectivity index (χ4n) is 3.27. The number of Topliss-reactive ketones (excluding diaryl/α,β-unsaturated/α-hetero) is 1. The van der Waals surface area contributed by atoms with Crippen molar-refractivity contribution in [3.8, 4) is 0 Å². The van der Waals surface area contributed by atoms with Gasteiger partial charge in [0.15, 0.2) is 5.78 Å². The van der Waals surface area contributed by atoms with Crippen molar-refractivity contribution >= 4 is 11.7 Å². The first-order chi connectivity index (χ1) is 12.1. The van der Waals surface area contributed by atoms with E-state index in [0.717, 1.165) is 24.0 Å². The highest BCUT2D eigenvalue weighted by Crippen LogP contribution is 2.22. The number of benzene rings is 2. The van der Waals surface area contributed by atoms with Crippen LogP contribution < -0.4 is 5.32 Å². The fraction of sp³-hybridized carbons (Fsp3) is 0.364. The Hall–Kier alpha value is -2.42. The van der Waals surface area contributed by atoms with E-state index in [1.807, 2.05) is 43.3 Å². The molecule has 0 saturated carbocycles.